The standard InChI is InChI=1S/C14H16N2O/c1-14(2,3)16-13(17-16)11-7-6-10-5-4-8-15-12(10)9-11/h4-9,13H,1-3H3/t13-,16?/m1/s1. The molecule has 88 valence electrons. The van der Waals surface area contributed by atoms with Crippen LogP contribution in [0.25, 0.3) is 10.9 Å². The lowest BCUT2D eigenvalue weighted by Gasteiger charge is -2.16. The van der Waals surface area contributed by atoms with Crippen LogP contribution in [0.15, 0.2) is 36.5 Å². The normalized spacial score (nSPS) is 23.9. The molecule has 0 aliphatic carbocycles. The summed E-state index contributed by atoms with van der Waals surface area (Å²) in [6.07, 6.45) is 1.91. The van der Waals surface area contributed by atoms with Crippen LogP contribution in [-0.4, -0.2) is 15.6 Å². The number of nitrogens with zero attached hydrogens (tertiary/aromatic N) is 2. The number of hydroxylamine groups is 2. The third-order valence-corrected chi connectivity index (χ3v) is 2.96. The Morgan fingerprint density at radius 2 is 2.06 bits per heavy atom. The molecule has 3 nitrogen and oxygen atoms in total. The number of fused-ring (bicyclic) bond motifs is 1. The van der Waals surface area contributed by atoms with Crippen LogP contribution in [0, 0.1) is 0 Å². The van der Waals surface area contributed by atoms with Crippen LogP contribution in [0.2, 0.25) is 0 Å². The summed E-state index contributed by atoms with van der Waals surface area (Å²) in [5, 5.41) is 3.18. The van der Waals surface area contributed by atoms with Crippen LogP contribution in [0.4, 0.5) is 0 Å². The molecule has 0 amide bonds. The van der Waals surface area contributed by atoms with Gasteiger partial charge in [0.2, 0.25) is 0 Å². The first kappa shape index (κ1) is 10.7. The zero-order valence-electron chi connectivity index (χ0n) is 10.3. The number of hydrogen-bond acceptors (Lipinski definition) is 3. The topological polar surface area (TPSA) is 28.4 Å². The molecule has 1 aliphatic heterocycles. The lowest BCUT2D eigenvalue weighted by molar-refractivity contribution is 0.101. The van der Waals surface area contributed by atoms with Crippen molar-refractivity contribution >= 4 is 10.9 Å². The molecule has 1 aliphatic rings. The zero-order chi connectivity index (χ0) is 12.0. The van der Waals surface area contributed by atoms with Crippen LogP contribution in [0.5, 0.6) is 0 Å². The highest BCUT2D eigenvalue weighted by molar-refractivity contribution is 5.78. The maximum Gasteiger partial charge on any atom is 0.180 e. The second-order valence-electron chi connectivity index (χ2n) is 5.41. The summed E-state index contributed by atoms with van der Waals surface area (Å²) in [5.41, 5.74) is 2.24. The monoisotopic (exact) mass is 228 g/mol. The van der Waals surface area contributed by atoms with Gasteiger partial charge in [-0.1, -0.05) is 18.2 Å². The van der Waals surface area contributed by atoms with Crippen molar-refractivity contribution in [2.75, 3.05) is 0 Å². The first-order valence-electron chi connectivity index (χ1n) is 5.86. The molecule has 3 rings (SSSR count). The highest BCUT2D eigenvalue weighted by Crippen LogP contribution is 2.43. The largest absolute Gasteiger partial charge is 0.269 e. The molecule has 0 spiro atoms. The molecule has 1 saturated heterocycles. The average Bonchev–Trinajstić information content (AvgIpc) is 3.08. The Bertz CT molecular complexity index is 559. The third kappa shape index (κ3) is 1.92. The Morgan fingerprint density at radius 1 is 1.24 bits per heavy atom. The van der Waals surface area contributed by atoms with E-state index in [9.17, 15) is 0 Å². The molecule has 0 bridgehead atoms. The van der Waals surface area contributed by atoms with Crippen molar-refractivity contribution in [3.05, 3.63) is 42.1 Å². The van der Waals surface area contributed by atoms with Crippen LogP contribution in [-0.2, 0) is 4.84 Å². The zero-order valence-corrected chi connectivity index (χ0v) is 10.3. The van der Waals surface area contributed by atoms with Gasteiger partial charge in [0.05, 0.1) is 5.52 Å². The molecule has 3 heteroatoms. The Labute approximate surface area is 101 Å². The van der Waals surface area contributed by atoms with Gasteiger partial charge >= 0.3 is 0 Å². The lowest BCUT2D eigenvalue weighted by atomic mass is 10.1. The van der Waals surface area contributed by atoms with Gasteiger partial charge in [0.25, 0.3) is 0 Å². The van der Waals surface area contributed by atoms with Gasteiger partial charge in [0.1, 0.15) is 0 Å². The minimum Gasteiger partial charge on any atom is -0.269 e. The molecule has 2 heterocycles. The first-order valence-corrected chi connectivity index (χ1v) is 5.86. The van der Waals surface area contributed by atoms with E-state index in [1.54, 1.807) is 0 Å². The van der Waals surface area contributed by atoms with Crippen molar-refractivity contribution in [1.29, 1.82) is 0 Å². The number of rotatable bonds is 1. The quantitative estimate of drug-likeness (QED) is 0.701. The second kappa shape index (κ2) is 3.52. The van der Waals surface area contributed by atoms with Crippen LogP contribution >= 0.6 is 0 Å². The maximum atomic E-state index is 5.62. The summed E-state index contributed by atoms with van der Waals surface area (Å²) in [5.74, 6) is 0. The molecule has 2 atom stereocenters. The minimum absolute atomic E-state index is 0.0454. The van der Waals surface area contributed by atoms with Crippen molar-refractivity contribution < 1.29 is 4.84 Å². The van der Waals surface area contributed by atoms with Gasteiger partial charge in [0, 0.05) is 22.7 Å². The van der Waals surface area contributed by atoms with E-state index in [0.717, 1.165) is 5.52 Å². The molecule has 0 radical (unpaired) electrons. The van der Waals surface area contributed by atoms with Gasteiger partial charge in [0.15, 0.2) is 6.23 Å². The predicted molar refractivity (Wildman–Crippen MR) is 67.2 cm³/mol. The third-order valence-electron chi connectivity index (χ3n) is 2.96. The van der Waals surface area contributed by atoms with Gasteiger partial charge in [-0.2, -0.15) is 0 Å². The highest BCUT2D eigenvalue weighted by Gasteiger charge is 2.45. The molecular formula is C14H16N2O. The van der Waals surface area contributed by atoms with E-state index in [0.29, 0.717) is 0 Å². The summed E-state index contributed by atoms with van der Waals surface area (Å²) < 4.78 is 0. The second-order valence-corrected chi connectivity index (χ2v) is 5.41. The van der Waals surface area contributed by atoms with Crippen LogP contribution in [0.3, 0.4) is 0 Å². The number of pyridine rings is 1. The predicted octanol–water partition coefficient (Wildman–Crippen LogP) is 3.28. The average molecular weight is 228 g/mol. The number of aromatic nitrogens is 1. The van der Waals surface area contributed by atoms with E-state index in [1.807, 2.05) is 17.3 Å². The Balaban J connectivity index is 1.93. The fraction of sp³-hybridized carbons (Fsp3) is 0.357. The smallest absolute Gasteiger partial charge is 0.180 e. The van der Waals surface area contributed by atoms with Gasteiger partial charge in [-0.25, -0.2) is 0 Å². The van der Waals surface area contributed by atoms with Gasteiger partial charge in [-0.15, -0.1) is 5.06 Å². The molecule has 1 unspecified atom stereocenters. The first-order chi connectivity index (χ1) is 8.05. The molecule has 1 aromatic heterocycles. The van der Waals surface area contributed by atoms with Gasteiger partial charge in [-0.3, -0.25) is 9.82 Å². The molecule has 0 saturated carbocycles. The summed E-state index contributed by atoms with van der Waals surface area (Å²) in [6.45, 7) is 6.44. The summed E-state index contributed by atoms with van der Waals surface area (Å²) in [7, 11) is 0. The Kier molecular flexibility index (Phi) is 2.21. The van der Waals surface area contributed by atoms with E-state index >= 15 is 0 Å². The van der Waals surface area contributed by atoms with Crippen LogP contribution in [0.1, 0.15) is 32.6 Å². The molecule has 17 heavy (non-hydrogen) atoms. The summed E-state index contributed by atoms with van der Waals surface area (Å²) >= 11 is 0. The van der Waals surface area contributed by atoms with E-state index in [1.165, 1.54) is 10.9 Å². The van der Waals surface area contributed by atoms with Gasteiger partial charge in [-0.05, 0) is 32.9 Å². The fourth-order valence-electron chi connectivity index (χ4n) is 2.02. The van der Waals surface area contributed by atoms with E-state index in [-0.39, 0.29) is 11.8 Å². The van der Waals surface area contributed by atoms with Gasteiger partial charge < -0.3 is 0 Å². The van der Waals surface area contributed by atoms with Crippen molar-refractivity contribution in [3.8, 4) is 0 Å². The Hall–Kier alpha value is -1.45. The molecule has 0 N–H and O–H groups in total. The van der Waals surface area contributed by atoms with E-state index in [4.69, 9.17) is 4.84 Å². The van der Waals surface area contributed by atoms with Crippen molar-refractivity contribution in [2.24, 2.45) is 0 Å². The Morgan fingerprint density at radius 3 is 2.76 bits per heavy atom. The number of hydrogen-bond donors (Lipinski definition) is 0. The molecular weight excluding hydrogens is 212 g/mol. The fourth-order valence-corrected chi connectivity index (χ4v) is 2.02. The van der Waals surface area contributed by atoms with E-state index < -0.39 is 0 Å². The minimum atomic E-state index is 0.0454. The van der Waals surface area contributed by atoms with Crippen molar-refractivity contribution in [2.45, 2.75) is 32.5 Å². The maximum absolute atomic E-state index is 5.62. The highest BCUT2D eigenvalue weighted by atomic mass is 16.8. The van der Waals surface area contributed by atoms with Crippen molar-refractivity contribution in [3.63, 3.8) is 0 Å². The van der Waals surface area contributed by atoms with E-state index in [2.05, 4.69) is 50.0 Å². The summed E-state index contributed by atoms with van der Waals surface area (Å²) in [4.78, 5) is 9.99. The van der Waals surface area contributed by atoms with Crippen LogP contribution < -0.4 is 0 Å². The molecule has 2 aromatic rings. The number of benzene rings is 1. The molecule has 1 aromatic carbocycles. The lowest BCUT2D eigenvalue weighted by Crippen LogP contribution is -2.25. The molecule has 1 fully saturated rings. The SMILES string of the molecule is CC(C)(C)N1O[C@@H]1c1ccc2cccnc2c1. The summed E-state index contributed by atoms with van der Waals surface area (Å²) in [6, 6.07) is 10.3. The van der Waals surface area contributed by atoms with Crippen molar-refractivity contribution in [1.82, 2.24) is 10.0 Å².